The summed E-state index contributed by atoms with van der Waals surface area (Å²) in [5.74, 6) is 0. The molecule has 0 amide bonds. The lowest BCUT2D eigenvalue weighted by Crippen LogP contribution is -2.31. The molecule has 0 heterocycles. The number of halogens is 1. The van der Waals surface area contributed by atoms with Gasteiger partial charge in [-0.1, -0.05) is 27.5 Å². The summed E-state index contributed by atoms with van der Waals surface area (Å²) in [6.07, 6.45) is 0. The van der Waals surface area contributed by atoms with E-state index in [9.17, 15) is 0 Å². The normalized spacial score (nSPS) is 18.8. The van der Waals surface area contributed by atoms with Crippen molar-refractivity contribution >= 4 is 28.5 Å². The molecule has 0 aliphatic rings. The van der Waals surface area contributed by atoms with Crippen molar-refractivity contribution < 1.29 is 18.3 Å². The van der Waals surface area contributed by atoms with Crippen LogP contribution in [0.1, 0.15) is 13.8 Å². The molecular weight excluding hydrogens is 207 g/mol. The number of hydrogen-bond acceptors (Lipinski definition) is 2. The van der Waals surface area contributed by atoms with Gasteiger partial charge in [0, 0.05) is 8.58 Å². The van der Waals surface area contributed by atoms with Crippen molar-refractivity contribution in [1.82, 2.24) is 0 Å². The minimum atomic E-state index is -2.76. The first-order chi connectivity index (χ1) is 7.59. The van der Waals surface area contributed by atoms with Crippen LogP contribution in [-0.2, 0) is 0 Å². The molecule has 0 unspecified atom stereocenters. The van der Waals surface area contributed by atoms with Gasteiger partial charge in [0.05, 0.1) is 4.11 Å². The molecule has 0 saturated heterocycles. The van der Waals surface area contributed by atoms with Crippen molar-refractivity contribution in [1.29, 1.82) is 0 Å². The van der Waals surface area contributed by atoms with E-state index in [1.54, 1.807) is 0 Å². The van der Waals surface area contributed by atoms with Crippen LogP contribution in [0, 0.1) is 6.85 Å². The second-order valence-corrected chi connectivity index (χ2v) is 2.64. The Kier molecular flexibility index (Phi) is 1.11. The van der Waals surface area contributed by atoms with Crippen LogP contribution in [0.5, 0.6) is 0 Å². The molecule has 1 rings (SSSR count). The van der Waals surface area contributed by atoms with E-state index in [0.717, 1.165) is 0 Å². The van der Waals surface area contributed by atoms with Gasteiger partial charge in [-0.15, -0.1) is 0 Å². The van der Waals surface area contributed by atoms with Gasteiger partial charge in [-0.2, -0.15) is 0 Å². The Balaban J connectivity index is 3.79. The van der Waals surface area contributed by atoms with Crippen molar-refractivity contribution in [2.45, 2.75) is 6.85 Å². The highest BCUT2D eigenvalue weighted by molar-refractivity contribution is 9.10. The average molecular weight is 221 g/mol. The fourth-order valence-electron chi connectivity index (χ4n) is 0.587. The zero-order valence-corrected chi connectivity index (χ0v) is 6.94. The second-order valence-electron chi connectivity index (χ2n) is 1.85. The monoisotopic (exact) mass is 220 g/mol. The molecule has 0 aliphatic heterocycles. The molecule has 0 radical (unpaired) electrons. The van der Waals surface area contributed by atoms with Crippen LogP contribution in [0.15, 0.2) is 22.6 Å². The topological polar surface area (TPSA) is 40.5 Å². The van der Waals surface area contributed by atoms with Crippen molar-refractivity contribution in [3.05, 3.63) is 28.2 Å². The summed E-state index contributed by atoms with van der Waals surface area (Å²) in [5, 5.41) is 18.2. The van der Waals surface area contributed by atoms with E-state index in [-0.39, 0.29) is 4.47 Å². The zero-order chi connectivity index (χ0) is 13.5. The van der Waals surface area contributed by atoms with Crippen LogP contribution in [0.2, 0.25) is 0 Å². The van der Waals surface area contributed by atoms with Crippen LogP contribution in [0.4, 0.5) is 0 Å². The van der Waals surface area contributed by atoms with E-state index in [4.69, 9.17) is 18.3 Å². The fraction of sp³-hybridized carbons (Fsp3) is 0.143. The Labute approximate surface area is 82.6 Å². The number of rotatable bonds is 1. The zero-order valence-electron chi connectivity index (χ0n) is 11.3. The highest BCUT2D eigenvalue weighted by Gasteiger charge is 2.12. The van der Waals surface area contributed by atoms with Gasteiger partial charge in [-0.3, -0.25) is 0 Å². The molecule has 1 aromatic carbocycles. The maximum absolute atomic E-state index is 9.09. The maximum atomic E-state index is 9.09. The molecule has 0 spiro atoms. The summed E-state index contributed by atoms with van der Waals surface area (Å²) < 4.78 is 44.1. The first-order valence-corrected chi connectivity index (χ1v) is 3.54. The summed E-state index contributed by atoms with van der Waals surface area (Å²) in [6, 6.07) is -1.60. The predicted molar refractivity (Wildman–Crippen MR) is 48.7 cm³/mol. The first kappa shape index (κ1) is 3.60. The van der Waals surface area contributed by atoms with Gasteiger partial charge in [0.25, 0.3) is 0 Å². The lowest BCUT2D eigenvalue weighted by atomic mass is 9.77. The van der Waals surface area contributed by atoms with Crippen LogP contribution >= 0.6 is 15.9 Å². The number of benzene rings is 1. The fourth-order valence-corrected chi connectivity index (χ4v) is 0.884. The molecule has 2 nitrogen and oxygen atoms in total. The van der Waals surface area contributed by atoms with Crippen LogP contribution in [0.3, 0.4) is 0 Å². The van der Waals surface area contributed by atoms with Gasteiger partial charge in [0.1, 0.15) is 0 Å². The van der Waals surface area contributed by atoms with E-state index in [2.05, 4.69) is 15.9 Å². The first-order valence-electron chi connectivity index (χ1n) is 5.74. The third kappa shape index (κ3) is 2.05. The minimum absolute atomic E-state index is 0.155. The molecule has 0 atom stereocenters. The van der Waals surface area contributed by atoms with E-state index >= 15 is 0 Å². The van der Waals surface area contributed by atoms with E-state index in [0.29, 0.717) is 0 Å². The smallest absolute Gasteiger partial charge is 0.423 e. The van der Waals surface area contributed by atoms with Gasteiger partial charge in [-0.05, 0) is 24.4 Å². The van der Waals surface area contributed by atoms with Gasteiger partial charge in [0.15, 0.2) is 0 Å². The lowest BCUT2D eigenvalue weighted by Gasteiger charge is -2.03. The summed E-state index contributed by atoms with van der Waals surface area (Å²) in [7, 11) is -2.21. The Hall–Kier alpha value is -0.315. The molecule has 1 aromatic rings. The van der Waals surface area contributed by atoms with Gasteiger partial charge in [-0.25, -0.2) is 0 Å². The van der Waals surface area contributed by atoms with Gasteiger partial charge >= 0.3 is 7.12 Å². The summed E-state index contributed by atoms with van der Waals surface area (Å²) in [4.78, 5) is 0. The van der Waals surface area contributed by atoms with E-state index in [1.165, 1.54) is 0 Å². The molecule has 0 aromatic heterocycles. The largest absolute Gasteiger partial charge is 0.488 e. The van der Waals surface area contributed by atoms with E-state index < -0.39 is 43.1 Å². The molecule has 0 fully saturated rings. The van der Waals surface area contributed by atoms with Crippen LogP contribution in [0.25, 0.3) is 0 Å². The average Bonchev–Trinajstić information content (AvgIpc) is 2.17. The maximum Gasteiger partial charge on any atom is 0.488 e. The SMILES string of the molecule is [2H]c1c([2H])c(B(O)O)c(C([2H])([2H])[2H])c([2H])c1Br. The molecule has 2 N–H and O–H groups in total. The summed E-state index contributed by atoms with van der Waals surface area (Å²) >= 11 is 2.85. The molecule has 0 bridgehead atoms. The molecule has 58 valence electrons. The van der Waals surface area contributed by atoms with Crippen LogP contribution in [-0.4, -0.2) is 17.2 Å². The molecule has 4 heteroatoms. The van der Waals surface area contributed by atoms with Crippen molar-refractivity contribution in [3.8, 4) is 0 Å². The van der Waals surface area contributed by atoms with Crippen molar-refractivity contribution in [2.75, 3.05) is 0 Å². The molecular formula is C7H8BBrO2. The highest BCUT2D eigenvalue weighted by atomic mass is 79.9. The Bertz CT molecular complexity index is 461. The minimum Gasteiger partial charge on any atom is -0.423 e. The third-order valence-corrected chi connectivity index (χ3v) is 1.47. The predicted octanol–water partition coefficient (Wildman–Crippen LogP) is 0.437. The van der Waals surface area contributed by atoms with E-state index in [1.807, 2.05) is 0 Å². The van der Waals surface area contributed by atoms with Gasteiger partial charge < -0.3 is 10.0 Å². The summed E-state index contributed by atoms with van der Waals surface area (Å²) in [6.45, 7) is -2.76. The lowest BCUT2D eigenvalue weighted by molar-refractivity contribution is 0.425. The third-order valence-electron chi connectivity index (χ3n) is 1.07. The molecule has 0 saturated carbocycles. The Morgan fingerprint density at radius 2 is 2.36 bits per heavy atom. The van der Waals surface area contributed by atoms with Crippen molar-refractivity contribution in [2.24, 2.45) is 0 Å². The highest BCUT2D eigenvalue weighted by Crippen LogP contribution is 2.09. The molecule has 0 aliphatic carbocycles. The quantitative estimate of drug-likeness (QED) is 0.675. The standard InChI is InChI=1S/C7H8BBrO2/c1-5-4-6(9)2-3-7(5)8(10)11/h2-4,10-11H,1H3/i1D3,2D,3D,4D. The van der Waals surface area contributed by atoms with Crippen molar-refractivity contribution in [3.63, 3.8) is 0 Å². The van der Waals surface area contributed by atoms with Crippen LogP contribution < -0.4 is 5.46 Å². The Morgan fingerprint density at radius 1 is 1.64 bits per heavy atom. The second kappa shape index (κ2) is 3.39. The Morgan fingerprint density at radius 3 is 2.91 bits per heavy atom. The molecule has 11 heavy (non-hydrogen) atoms. The van der Waals surface area contributed by atoms with Gasteiger partial charge in [0.2, 0.25) is 0 Å². The summed E-state index contributed by atoms with van der Waals surface area (Å²) in [5.41, 5.74) is -1.25. The number of hydrogen-bond donors (Lipinski definition) is 2.